The maximum absolute atomic E-state index is 12.5. The molecule has 0 aliphatic heterocycles. The maximum atomic E-state index is 12.5. The van der Waals surface area contributed by atoms with E-state index in [0.717, 1.165) is 10.2 Å². The molecule has 1 aromatic carbocycles. The molecule has 0 atom stereocenters. The van der Waals surface area contributed by atoms with Crippen LogP contribution in [0.3, 0.4) is 0 Å². The molecule has 9 heteroatoms. The molecule has 2 heterocycles. The van der Waals surface area contributed by atoms with E-state index in [1.807, 2.05) is 23.6 Å². The van der Waals surface area contributed by atoms with Crippen LogP contribution >= 0.6 is 11.3 Å². The summed E-state index contributed by atoms with van der Waals surface area (Å²) in [7, 11) is 3.20. The quantitative estimate of drug-likeness (QED) is 0.576. The molecule has 0 saturated heterocycles. The lowest BCUT2D eigenvalue weighted by molar-refractivity contribution is 0.0961. The van der Waals surface area contributed by atoms with Gasteiger partial charge < -0.3 is 23.3 Å². The third-order valence-electron chi connectivity index (χ3n) is 3.89. The highest BCUT2D eigenvalue weighted by Gasteiger charge is 2.18. The number of carbonyl (C=O) groups excluding carboxylic acids is 1. The van der Waals surface area contributed by atoms with Gasteiger partial charge in [-0.1, -0.05) is 16.5 Å². The molecule has 0 saturated carbocycles. The standard InChI is InChI=1S/C18H21N3O5S/c1-5-25-9-8-21-15-12(23-3)6-7-13(24-4)16(15)27-18(21)19-17(22)14-10-11(2)20-26-14/h6-7,10H,5,8-9H2,1-4H3. The van der Waals surface area contributed by atoms with Crippen LogP contribution in [-0.4, -0.2) is 43.1 Å². The number of amides is 1. The summed E-state index contributed by atoms with van der Waals surface area (Å²) in [5.74, 6) is 0.957. The summed E-state index contributed by atoms with van der Waals surface area (Å²) in [6.07, 6.45) is 0. The van der Waals surface area contributed by atoms with Gasteiger partial charge in [-0.15, -0.1) is 0 Å². The Labute approximate surface area is 160 Å². The Morgan fingerprint density at radius 1 is 1.30 bits per heavy atom. The van der Waals surface area contributed by atoms with Gasteiger partial charge in [-0.2, -0.15) is 4.99 Å². The SMILES string of the molecule is CCOCCn1c(=NC(=O)c2cc(C)no2)sc2c(OC)ccc(OC)c21. The summed E-state index contributed by atoms with van der Waals surface area (Å²) in [5, 5.41) is 3.74. The lowest BCUT2D eigenvalue weighted by atomic mass is 10.3. The second kappa shape index (κ2) is 8.36. The van der Waals surface area contributed by atoms with Gasteiger partial charge in [0.2, 0.25) is 5.76 Å². The number of hydrogen-bond acceptors (Lipinski definition) is 7. The van der Waals surface area contributed by atoms with E-state index < -0.39 is 5.91 Å². The van der Waals surface area contributed by atoms with Crippen LogP contribution in [-0.2, 0) is 11.3 Å². The molecular formula is C18H21N3O5S. The van der Waals surface area contributed by atoms with Crippen LogP contribution in [0, 0.1) is 6.92 Å². The zero-order chi connectivity index (χ0) is 19.4. The normalized spacial score (nSPS) is 11.9. The molecule has 0 fully saturated rings. The first-order valence-electron chi connectivity index (χ1n) is 8.43. The predicted octanol–water partition coefficient (Wildman–Crippen LogP) is 2.79. The van der Waals surface area contributed by atoms with E-state index in [2.05, 4.69) is 10.1 Å². The smallest absolute Gasteiger partial charge is 0.318 e. The Kier molecular flexibility index (Phi) is 5.92. The molecule has 0 radical (unpaired) electrons. The number of aromatic nitrogens is 2. The van der Waals surface area contributed by atoms with E-state index in [1.165, 1.54) is 11.3 Å². The van der Waals surface area contributed by atoms with Crippen LogP contribution in [0.15, 0.2) is 27.7 Å². The number of thiazole rings is 1. The van der Waals surface area contributed by atoms with Crippen molar-refractivity contribution in [3.63, 3.8) is 0 Å². The highest BCUT2D eigenvalue weighted by Crippen LogP contribution is 2.35. The van der Waals surface area contributed by atoms with Crippen LogP contribution in [0.25, 0.3) is 10.2 Å². The van der Waals surface area contributed by atoms with Crippen molar-refractivity contribution in [1.82, 2.24) is 9.72 Å². The molecule has 0 aliphatic carbocycles. The van der Waals surface area contributed by atoms with E-state index in [-0.39, 0.29) is 5.76 Å². The van der Waals surface area contributed by atoms with E-state index in [0.29, 0.717) is 41.8 Å². The lowest BCUT2D eigenvalue weighted by Crippen LogP contribution is -2.20. The summed E-state index contributed by atoms with van der Waals surface area (Å²) in [5.41, 5.74) is 1.43. The molecule has 3 rings (SSSR count). The van der Waals surface area contributed by atoms with Crippen LogP contribution in [0.2, 0.25) is 0 Å². The number of hydrogen-bond donors (Lipinski definition) is 0. The maximum Gasteiger partial charge on any atom is 0.318 e. The Balaban J connectivity index is 2.19. The van der Waals surface area contributed by atoms with Crippen molar-refractivity contribution in [3.05, 3.63) is 34.5 Å². The van der Waals surface area contributed by atoms with E-state index in [4.69, 9.17) is 18.7 Å². The molecule has 0 bridgehead atoms. The second-order valence-electron chi connectivity index (χ2n) is 5.63. The zero-order valence-electron chi connectivity index (χ0n) is 15.6. The molecule has 2 aromatic heterocycles. The van der Waals surface area contributed by atoms with Crippen molar-refractivity contribution in [2.24, 2.45) is 4.99 Å². The fraction of sp³-hybridized carbons (Fsp3) is 0.389. The molecule has 8 nitrogen and oxygen atoms in total. The fourth-order valence-electron chi connectivity index (χ4n) is 2.65. The molecule has 0 unspecified atom stereocenters. The molecule has 0 spiro atoms. The first-order chi connectivity index (χ1) is 13.1. The van der Waals surface area contributed by atoms with Gasteiger partial charge in [-0.25, -0.2) is 0 Å². The third-order valence-corrected chi connectivity index (χ3v) is 4.98. The molecule has 1 amide bonds. The van der Waals surface area contributed by atoms with Crippen molar-refractivity contribution >= 4 is 27.5 Å². The van der Waals surface area contributed by atoms with Gasteiger partial charge in [-0.3, -0.25) is 4.79 Å². The number of fused-ring (bicyclic) bond motifs is 1. The van der Waals surface area contributed by atoms with Crippen molar-refractivity contribution in [2.75, 3.05) is 27.4 Å². The molecule has 0 N–H and O–H groups in total. The summed E-state index contributed by atoms with van der Waals surface area (Å²) in [4.78, 5) is 17.3. The van der Waals surface area contributed by atoms with Crippen LogP contribution in [0.1, 0.15) is 23.2 Å². The topological polar surface area (TPSA) is 88.1 Å². The van der Waals surface area contributed by atoms with Crippen molar-refractivity contribution < 1.29 is 23.5 Å². The fourth-order valence-corrected chi connectivity index (χ4v) is 3.82. The average molecular weight is 391 g/mol. The van der Waals surface area contributed by atoms with E-state index in [1.54, 1.807) is 27.2 Å². The van der Waals surface area contributed by atoms with Crippen LogP contribution < -0.4 is 14.3 Å². The first-order valence-corrected chi connectivity index (χ1v) is 9.25. The van der Waals surface area contributed by atoms with Gasteiger partial charge in [0.25, 0.3) is 0 Å². The van der Waals surface area contributed by atoms with Gasteiger partial charge in [-0.05, 0) is 26.0 Å². The highest BCUT2D eigenvalue weighted by atomic mass is 32.1. The average Bonchev–Trinajstić information content (AvgIpc) is 3.25. The molecule has 0 aliphatic rings. The third kappa shape index (κ3) is 3.88. The minimum atomic E-state index is -0.495. The van der Waals surface area contributed by atoms with Crippen molar-refractivity contribution in [3.8, 4) is 11.5 Å². The summed E-state index contributed by atoms with van der Waals surface area (Å²) in [6.45, 7) is 5.27. The molecule has 3 aromatic rings. The van der Waals surface area contributed by atoms with Gasteiger partial charge >= 0.3 is 5.91 Å². The monoisotopic (exact) mass is 391 g/mol. The van der Waals surface area contributed by atoms with Crippen molar-refractivity contribution in [2.45, 2.75) is 20.4 Å². The van der Waals surface area contributed by atoms with E-state index in [9.17, 15) is 4.79 Å². The number of nitrogens with zero attached hydrogens (tertiary/aromatic N) is 3. The van der Waals surface area contributed by atoms with Crippen molar-refractivity contribution in [1.29, 1.82) is 0 Å². The second-order valence-corrected chi connectivity index (χ2v) is 6.61. The molecule has 27 heavy (non-hydrogen) atoms. The number of aryl methyl sites for hydroxylation is 1. The Morgan fingerprint density at radius 2 is 2.04 bits per heavy atom. The Morgan fingerprint density at radius 3 is 2.67 bits per heavy atom. The summed E-state index contributed by atoms with van der Waals surface area (Å²) in [6, 6.07) is 5.22. The number of rotatable bonds is 7. The summed E-state index contributed by atoms with van der Waals surface area (Å²) >= 11 is 1.35. The Hall–Kier alpha value is -2.65. The highest BCUT2D eigenvalue weighted by molar-refractivity contribution is 7.16. The molecular weight excluding hydrogens is 370 g/mol. The van der Waals surface area contributed by atoms with Crippen LogP contribution in [0.4, 0.5) is 0 Å². The van der Waals surface area contributed by atoms with Gasteiger partial charge in [0.1, 0.15) is 21.7 Å². The lowest BCUT2D eigenvalue weighted by Gasteiger charge is -2.10. The zero-order valence-corrected chi connectivity index (χ0v) is 16.5. The number of ether oxygens (including phenoxy) is 3. The largest absolute Gasteiger partial charge is 0.495 e. The predicted molar refractivity (Wildman–Crippen MR) is 101 cm³/mol. The number of methoxy groups -OCH3 is 2. The number of carbonyl (C=O) groups is 1. The first kappa shape index (κ1) is 19.1. The minimum Gasteiger partial charge on any atom is -0.495 e. The van der Waals surface area contributed by atoms with Gasteiger partial charge in [0.05, 0.1) is 26.5 Å². The van der Waals surface area contributed by atoms with Crippen LogP contribution in [0.5, 0.6) is 11.5 Å². The van der Waals surface area contributed by atoms with E-state index >= 15 is 0 Å². The molecule has 144 valence electrons. The van der Waals surface area contributed by atoms with Gasteiger partial charge in [0.15, 0.2) is 4.80 Å². The summed E-state index contributed by atoms with van der Waals surface area (Å²) < 4.78 is 24.2. The Bertz CT molecular complexity index is 1020. The number of benzene rings is 1. The van der Waals surface area contributed by atoms with Gasteiger partial charge in [0, 0.05) is 19.2 Å². The minimum absolute atomic E-state index is 0.0974.